The number of hydrogen-bond acceptors (Lipinski definition) is 4. The van der Waals surface area contributed by atoms with Crippen molar-refractivity contribution < 1.29 is 14.3 Å². The third kappa shape index (κ3) is 4.94. The monoisotopic (exact) mass is 386 g/mol. The Hall–Kier alpha value is -3.78. The average molecular weight is 386 g/mol. The van der Waals surface area contributed by atoms with Crippen molar-refractivity contribution >= 4 is 22.8 Å². The molecule has 0 aromatic heterocycles. The number of nitrogens with one attached hydrogen (secondary N) is 1. The number of amides is 1. The van der Waals surface area contributed by atoms with Crippen molar-refractivity contribution in [3.05, 3.63) is 77.4 Å². The first-order valence-electron chi connectivity index (χ1n) is 9.24. The van der Waals surface area contributed by atoms with Crippen molar-refractivity contribution in [2.45, 2.75) is 6.42 Å². The van der Waals surface area contributed by atoms with E-state index < -0.39 is 0 Å². The van der Waals surface area contributed by atoms with Gasteiger partial charge in [-0.1, -0.05) is 42.5 Å². The Morgan fingerprint density at radius 1 is 1.00 bits per heavy atom. The van der Waals surface area contributed by atoms with Gasteiger partial charge in [0.1, 0.15) is 11.6 Å². The molecule has 0 radical (unpaired) electrons. The molecule has 3 aromatic rings. The molecule has 146 valence electrons. The highest BCUT2D eigenvalue weighted by molar-refractivity contribution is 6.02. The Bertz CT molecular complexity index is 1100. The van der Waals surface area contributed by atoms with E-state index in [1.807, 2.05) is 66.7 Å². The Kier molecular flexibility index (Phi) is 6.49. The second-order valence-electron chi connectivity index (χ2n) is 6.47. The summed E-state index contributed by atoms with van der Waals surface area (Å²) in [5.41, 5.74) is 1.89. The van der Waals surface area contributed by atoms with Gasteiger partial charge in [0.15, 0.2) is 11.5 Å². The largest absolute Gasteiger partial charge is 0.493 e. The van der Waals surface area contributed by atoms with Gasteiger partial charge in [0.05, 0.1) is 14.2 Å². The van der Waals surface area contributed by atoms with Crippen molar-refractivity contribution in [1.29, 1.82) is 5.26 Å². The van der Waals surface area contributed by atoms with Gasteiger partial charge in [0.2, 0.25) is 0 Å². The van der Waals surface area contributed by atoms with Crippen LogP contribution >= 0.6 is 0 Å². The van der Waals surface area contributed by atoms with Crippen LogP contribution in [0.15, 0.2) is 66.2 Å². The molecule has 0 fully saturated rings. The first-order chi connectivity index (χ1) is 14.1. The molecule has 3 rings (SSSR count). The molecule has 0 saturated heterocycles. The molecule has 0 heterocycles. The van der Waals surface area contributed by atoms with E-state index in [1.54, 1.807) is 20.3 Å². The molecule has 29 heavy (non-hydrogen) atoms. The summed E-state index contributed by atoms with van der Waals surface area (Å²) in [5.74, 6) is 0.914. The van der Waals surface area contributed by atoms with E-state index in [9.17, 15) is 10.1 Å². The second-order valence-corrected chi connectivity index (χ2v) is 6.47. The van der Waals surface area contributed by atoms with Crippen LogP contribution in [0.3, 0.4) is 0 Å². The van der Waals surface area contributed by atoms with Gasteiger partial charge in [-0.05, 0) is 52.6 Å². The van der Waals surface area contributed by atoms with Crippen LogP contribution in [0, 0.1) is 11.3 Å². The Morgan fingerprint density at radius 3 is 2.48 bits per heavy atom. The maximum Gasteiger partial charge on any atom is 0.261 e. The Morgan fingerprint density at radius 2 is 1.76 bits per heavy atom. The van der Waals surface area contributed by atoms with Crippen LogP contribution in [0.2, 0.25) is 0 Å². The van der Waals surface area contributed by atoms with Gasteiger partial charge >= 0.3 is 0 Å². The van der Waals surface area contributed by atoms with Crippen molar-refractivity contribution in [3.63, 3.8) is 0 Å². The molecular formula is C24H22N2O3. The number of carbonyl (C=O) groups is 1. The number of nitriles is 1. The standard InChI is InChI=1S/C24H22N2O3/c1-28-22-10-8-17(15-23(22)29-2)11-12-26-24(27)21(16-25)14-18-7-9-19-5-3-4-6-20(19)13-18/h3-10,13-15H,11-12H2,1-2H3,(H,26,27). The van der Waals surface area contributed by atoms with Gasteiger partial charge in [-0.25, -0.2) is 0 Å². The molecule has 1 N–H and O–H groups in total. The summed E-state index contributed by atoms with van der Waals surface area (Å²) in [5, 5.41) is 14.4. The minimum Gasteiger partial charge on any atom is -0.493 e. The highest BCUT2D eigenvalue weighted by atomic mass is 16.5. The fraction of sp³-hybridized carbons (Fsp3) is 0.167. The minimum atomic E-state index is -0.388. The molecule has 0 aliphatic heterocycles. The van der Waals surface area contributed by atoms with Crippen molar-refractivity contribution in [3.8, 4) is 17.6 Å². The second kappa shape index (κ2) is 9.43. The van der Waals surface area contributed by atoms with Gasteiger partial charge in [-0.15, -0.1) is 0 Å². The maximum absolute atomic E-state index is 12.4. The van der Waals surface area contributed by atoms with Gasteiger partial charge in [-0.2, -0.15) is 5.26 Å². The summed E-state index contributed by atoms with van der Waals surface area (Å²) in [6, 6.07) is 21.4. The molecular weight excluding hydrogens is 364 g/mol. The summed E-state index contributed by atoms with van der Waals surface area (Å²) < 4.78 is 10.5. The van der Waals surface area contributed by atoms with Crippen LogP contribution in [0.4, 0.5) is 0 Å². The predicted molar refractivity (Wildman–Crippen MR) is 114 cm³/mol. The normalized spacial score (nSPS) is 11.0. The van der Waals surface area contributed by atoms with Crippen LogP contribution in [-0.2, 0) is 11.2 Å². The molecule has 0 aliphatic rings. The fourth-order valence-corrected chi connectivity index (χ4v) is 3.06. The number of fused-ring (bicyclic) bond motifs is 1. The number of rotatable bonds is 7. The number of ether oxygens (including phenoxy) is 2. The van der Waals surface area contributed by atoms with E-state index >= 15 is 0 Å². The number of hydrogen-bond donors (Lipinski definition) is 1. The summed E-state index contributed by atoms with van der Waals surface area (Å²) in [6.45, 7) is 0.408. The molecule has 0 atom stereocenters. The quantitative estimate of drug-likeness (QED) is 0.490. The van der Waals surface area contributed by atoms with E-state index in [0.717, 1.165) is 21.9 Å². The van der Waals surface area contributed by atoms with Crippen molar-refractivity contribution in [2.75, 3.05) is 20.8 Å². The maximum atomic E-state index is 12.4. The molecule has 0 saturated carbocycles. The highest BCUT2D eigenvalue weighted by Gasteiger charge is 2.10. The molecule has 0 unspecified atom stereocenters. The average Bonchev–Trinajstić information content (AvgIpc) is 2.77. The van der Waals surface area contributed by atoms with E-state index in [0.29, 0.717) is 24.5 Å². The summed E-state index contributed by atoms with van der Waals surface area (Å²) in [7, 11) is 3.17. The number of benzene rings is 3. The number of nitrogens with zero attached hydrogens (tertiary/aromatic N) is 1. The molecule has 5 heteroatoms. The van der Waals surface area contributed by atoms with Gasteiger partial charge in [-0.3, -0.25) is 4.79 Å². The summed E-state index contributed by atoms with van der Waals surface area (Å²) >= 11 is 0. The Labute approximate surface area is 170 Å². The molecule has 0 bridgehead atoms. The molecule has 3 aromatic carbocycles. The predicted octanol–water partition coefficient (Wildman–Crippen LogP) is 4.12. The van der Waals surface area contributed by atoms with Gasteiger partial charge < -0.3 is 14.8 Å². The zero-order chi connectivity index (χ0) is 20.6. The van der Waals surface area contributed by atoms with E-state index in [4.69, 9.17) is 9.47 Å². The zero-order valence-corrected chi connectivity index (χ0v) is 16.4. The highest BCUT2D eigenvalue weighted by Crippen LogP contribution is 2.27. The first kappa shape index (κ1) is 20.0. The van der Waals surface area contributed by atoms with Crippen molar-refractivity contribution in [1.82, 2.24) is 5.32 Å². The SMILES string of the molecule is COc1ccc(CCNC(=O)C(C#N)=Cc2ccc3ccccc3c2)cc1OC. The van der Waals surface area contributed by atoms with E-state index in [2.05, 4.69) is 5.32 Å². The number of methoxy groups -OCH3 is 2. The zero-order valence-electron chi connectivity index (χ0n) is 16.4. The van der Waals surface area contributed by atoms with Crippen LogP contribution < -0.4 is 14.8 Å². The lowest BCUT2D eigenvalue weighted by atomic mass is 10.0. The minimum absolute atomic E-state index is 0.0765. The molecule has 5 nitrogen and oxygen atoms in total. The lowest BCUT2D eigenvalue weighted by Crippen LogP contribution is -2.26. The first-order valence-corrected chi connectivity index (χ1v) is 9.24. The smallest absolute Gasteiger partial charge is 0.261 e. The lowest BCUT2D eigenvalue weighted by Gasteiger charge is -2.10. The Balaban J connectivity index is 1.65. The third-order valence-electron chi connectivity index (χ3n) is 4.60. The summed E-state index contributed by atoms with van der Waals surface area (Å²) in [4.78, 5) is 12.4. The van der Waals surface area contributed by atoms with Gasteiger partial charge in [0, 0.05) is 6.54 Å². The topological polar surface area (TPSA) is 71.3 Å². The van der Waals surface area contributed by atoms with Gasteiger partial charge in [0.25, 0.3) is 5.91 Å². The van der Waals surface area contributed by atoms with Crippen LogP contribution in [-0.4, -0.2) is 26.7 Å². The molecule has 0 spiro atoms. The van der Waals surface area contributed by atoms with E-state index in [-0.39, 0.29) is 11.5 Å². The molecule has 1 amide bonds. The van der Waals surface area contributed by atoms with Crippen LogP contribution in [0.25, 0.3) is 16.8 Å². The van der Waals surface area contributed by atoms with Crippen molar-refractivity contribution in [2.24, 2.45) is 0 Å². The third-order valence-corrected chi connectivity index (χ3v) is 4.60. The lowest BCUT2D eigenvalue weighted by molar-refractivity contribution is -0.117. The van der Waals surface area contributed by atoms with Crippen LogP contribution in [0.1, 0.15) is 11.1 Å². The van der Waals surface area contributed by atoms with Crippen LogP contribution in [0.5, 0.6) is 11.5 Å². The van der Waals surface area contributed by atoms with E-state index in [1.165, 1.54) is 0 Å². The molecule has 0 aliphatic carbocycles. The fourth-order valence-electron chi connectivity index (χ4n) is 3.06. The number of carbonyl (C=O) groups excluding carboxylic acids is 1. The summed E-state index contributed by atoms with van der Waals surface area (Å²) in [6.07, 6.45) is 2.22.